The Bertz CT molecular complexity index is 1760. The van der Waals surface area contributed by atoms with Crippen molar-refractivity contribution in [1.82, 2.24) is 9.55 Å². The molecule has 3 aromatic heterocycles. The number of nitriles is 1. The molecule has 0 atom stereocenters. The van der Waals surface area contributed by atoms with E-state index in [2.05, 4.69) is 11.1 Å². The largest absolute Gasteiger partial charge is 0.477 e. The van der Waals surface area contributed by atoms with Gasteiger partial charge in [-0.2, -0.15) is 5.26 Å². The molecule has 184 valence electrons. The predicted octanol–water partition coefficient (Wildman–Crippen LogP) is 7.04. The van der Waals surface area contributed by atoms with Crippen molar-refractivity contribution in [1.29, 1.82) is 5.26 Å². The van der Waals surface area contributed by atoms with Gasteiger partial charge in [-0.25, -0.2) is 13.8 Å². The van der Waals surface area contributed by atoms with Crippen LogP contribution in [0.15, 0.2) is 71.7 Å². The molecule has 5 nitrogen and oxygen atoms in total. The third-order valence-electron chi connectivity index (χ3n) is 5.83. The molecule has 0 N–H and O–H groups in total. The highest BCUT2D eigenvalue weighted by atomic mass is 35.5. The summed E-state index contributed by atoms with van der Waals surface area (Å²) in [5.74, 6) is -1.17. The molecule has 0 aliphatic heterocycles. The number of aromatic nitrogens is 2. The summed E-state index contributed by atoms with van der Waals surface area (Å²) < 4.78 is 34.9. The van der Waals surface area contributed by atoms with Gasteiger partial charge in [-0.15, -0.1) is 11.3 Å². The van der Waals surface area contributed by atoms with E-state index in [1.54, 1.807) is 30.5 Å². The van der Waals surface area contributed by atoms with Crippen LogP contribution in [0.2, 0.25) is 5.02 Å². The number of halogens is 3. The molecule has 0 saturated carbocycles. The smallest absolute Gasteiger partial charge is 0.260 e. The van der Waals surface area contributed by atoms with Crippen molar-refractivity contribution in [2.75, 3.05) is 6.61 Å². The fourth-order valence-electron chi connectivity index (χ4n) is 4.09. The van der Waals surface area contributed by atoms with Gasteiger partial charge >= 0.3 is 0 Å². The number of rotatable bonds is 6. The van der Waals surface area contributed by atoms with Gasteiger partial charge in [0.2, 0.25) is 5.88 Å². The minimum Gasteiger partial charge on any atom is -0.477 e. The van der Waals surface area contributed by atoms with Gasteiger partial charge in [0, 0.05) is 28.3 Å². The Morgan fingerprint density at radius 2 is 1.92 bits per heavy atom. The topological polar surface area (TPSA) is 67.9 Å². The van der Waals surface area contributed by atoms with Gasteiger partial charge in [0.15, 0.2) is 0 Å². The molecule has 0 bridgehead atoms. The maximum absolute atomic E-state index is 14.6. The first-order valence-corrected chi connectivity index (χ1v) is 12.5. The van der Waals surface area contributed by atoms with Crippen molar-refractivity contribution >= 4 is 33.7 Å². The molecule has 2 aromatic carbocycles. The summed E-state index contributed by atoms with van der Waals surface area (Å²) in [5, 5.41) is 10.8. The lowest BCUT2D eigenvalue weighted by atomic mass is 10.1. The Labute approximate surface area is 219 Å². The second-order valence-corrected chi connectivity index (χ2v) is 9.64. The number of hydrogen-bond donors (Lipinski definition) is 0. The molecular formula is C28H18ClF2N3O2S. The first-order chi connectivity index (χ1) is 17.9. The monoisotopic (exact) mass is 533 g/mol. The van der Waals surface area contributed by atoms with Gasteiger partial charge in [-0.1, -0.05) is 29.8 Å². The lowest BCUT2D eigenvalue weighted by Gasteiger charge is -2.15. The van der Waals surface area contributed by atoms with Gasteiger partial charge < -0.3 is 9.30 Å². The van der Waals surface area contributed by atoms with E-state index in [1.165, 1.54) is 22.0 Å². The number of hydrogen-bond acceptors (Lipinski definition) is 5. The quantitative estimate of drug-likeness (QED) is 0.235. The number of ether oxygens (including phenoxy) is 1. The van der Waals surface area contributed by atoms with Crippen molar-refractivity contribution in [2.24, 2.45) is 0 Å². The predicted molar refractivity (Wildman–Crippen MR) is 141 cm³/mol. The summed E-state index contributed by atoms with van der Waals surface area (Å²) in [7, 11) is 0. The number of nitrogens with zero attached hydrogens (tertiary/aromatic N) is 3. The van der Waals surface area contributed by atoms with Crippen molar-refractivity contribution in [3.05, 3.63) is 105 Å². The first kappa shape index (κ1) is 24.6. The zero-order chi connectivity index (χ0) is 26.1. The third kappa shape index (κ3) is 4.71. The van der Waals surface area contributed by atoms with Crippen LogP contribution in [0.25, 0.3) is 31.8 Å². The van der Waals surface area contributed by atoms with Crippen LogP contribution in [0.5, 0.6) is 5.88 Å². The highest BCUT2D eigenvalue weighted by molar-refractivity contribution is 7.18. The molecular weight excluding hydrogens is 516 g/mol. The standard InChI is InChI=1S/C28H18ClF2N3O2S/c1-2-36-27-18(13-32)10-19(14-33-27)24-8-9-25(37-24)23-11-16-4-3-5-21(29)26(16)28(35)34(23)15-17-6-7-20(30)12-22(17)31/h3-12,14H,2,15H2,1H3. The molecule has 9 heteroatoms. The highest BCUT2D eigenvalue weighted by Crippen LogP contribution is 2.36. The molecule has 0 saturated heterocycles. The second kappa shape index (κ2) is 10.1. The van der Waals surface area contributed by atoms with Crippen LogP contribution in [-0.4, -0.2) is 16.2 Å². The summed E-state index contributed by atoms with van der Waals surface area (Å²) in [4.78, 5) is 19.4. The van der Waals surface area contributed by atoms with Crippen LogP contribution in [0.3, 0.4) is 0 Å². The molecule has 0 fully saturated rings. The van der Waals surface area contributed by atoms with Gasteiger partial charge in [0.1, 0.15) is 23.3 Å². The van der Waals surface area contributed by atoms with Crippen LogP contribution in [0, 0.1) is 23.0 Å². The van der Waals surface area contributed by atoms with E-state index in [0.717, 1.165) is 27.5 Å². The average molecular weight is 534 g/mol. The van der Waals surface area contributed by atoms with Crippen molar-refractivity contribution in [3.63, 3.8) is 0 Å². The minimum atomic E-state index is -0.742. The van der Waals surface area contributed by atoms with E-state index in [4.69, 9.17) is 16.3 Å². The maximum atomic E-state index is 14.6. The van der Waals surface area contributed by atoms with E-state index in [-0.39, 0.29) is 23.5 Å². The van der Waals surface area contributed by atoms with Crippen LogP contribution in [0.4, 0.5) is 8.78 Å². The zero-order valence-electron chi connectivity index (χ0n) is 19.5. The average Bonchev–Trinajstić information content (AvgIpc) is 3.37. The molecule has 5 rings (SSSR count). The van der Waals surface area contributed by atoms with Crippen molar-refractivity contribution < 1.29 is 13.5 Å². The van der Waals surface area contributed by atoms with Crippen LogP contribution >= 0.6 is 22.9 Å². The molecule has 0 radical (unpaired) electrons. The Kier molecular flexibility index (Phi) is 6.74. The van der Waals surface area contributed by atoms with Crippen LogP contribution in [0.1, 0.15) is 18.1 Å². The van der Waals surface area contributed by atoms with Gasteiger partial charge in [-0.3, -0.25) is 4.79 Å². The molecule has 5 aromatic rings. The summed E-state index contributed by atoms with van der Waals surface area (Å²) in [6.07, 6.45) is 1.63. The third-order valence-corrected chi connectivity index (χ3v) is 7.30. The highest BCUT2D eigenvalue weighted by Gasteiger charge is 2.18. The Morgan fingerprint density at radius 3 is 2.68 bits per heavy atom. The van der Waals surface area contributed by atoms with Crippen LogP contribution < -0.4 is 10.3 Å². The zero-order valence-corrected chi connectivity index (χ0v) is 21.0. The number of benzene rings is 2. The number of fused-ring (bicyclic) bond motifs is 1. The Balaban J connectivity index is 1.66. The summed E-state index contributed by atoms with van der Waals surface area (Å²) in [5.41, 5.74) is 1.38. The molecule has 37 heavy (non-hydrogen) atoms. The number of pyridine rings is 2. The SMILES string of the molecule is CCOc1ncc(-c2ccc(-c3cc4cccc(Cl)c4c(=O)n3Cc3ccc(F)cc3F)s2)cc1C#N. The van der Waals surface area contributed by atoms with Gasteiger partial charge in [-0.05, 0) is 48.7 Å². The Morgan fingerprint density at radius 1 is 1.11 bits per heavy atom. The summed E-state index contributed by atoms with van der Waals surface area (Å²) in [6.45, 7) is 2.09. The van der Waals surface area contributed by atoms with Gasteiger partial charge in [0.05, 0.1) is 34.1 Å². The molecule has 0 spiro atoms. The van der Waals surface area contributed by atoms with E-state index in [9.17, 15) is 18.8 Å². The fraction of sp³-hybridized carbons (Fsp3) is 0.107. The molecule has 0 unspecified atom stereocenters. The van der Waals surface area contributed by atoms with Crippen molar-refractivity contribution in [2.45, 2.75) is 13.5 Å². The van der Waals surface area contributed by atoms with Crippen molar-refractivity contribution in [3.8, 4) is 33.0 Å². The molecule has 0 amide bonds. The lowest BCUT2D eigenvalue weighted by Crippen LogP contribution is -2.23. The van der Waals surface area contributed by atoms with E-state index >= 15 is 0 Å². The van der Waals surface area contributed by atoms with Gasteiger partial charge in [0.25, 0.3) is 5.56 Å². The Hall–Kier alpha value is -4.06. The van der Waals surface area contributed by atoms with E-state index < -0.39 is 11.6 Å². The second-order valence-electron chi connectivity index (χ2n) is 8.15. The summed E-state index contributed by atoms with van der Waals surface area (Å²) >= 11 is 7.75. The maximum Gasteiger partial charge on any atom is 0.260 e. The lowest BCUT2D eigenvalue weighted by molar-refractivity contribution is 0.326. The fourth-order valence-corrected chi connectivity index (χ4v) is 5.36. The first-order valence-electron chi connectivity index (χ1n) is 11.3. The minimum absolute atomic E-state index is 0.113. The van der Waals surface area contributed by atoms with E-state index in [1.807, 2.05) is 25.1 Å². The van der Waals surface area contributed by atoms with Crippen LogP contribution in [-0.2, 0) is 6.54 Å². The number of thiophene rings is 1. The molecule has 0 aliphatic rings. The molecule has 0 aliphatic carbocycles. The normalized spacial score (nSPS) is 11.0. The van der Waals surface area contributed by atoms with E-state index in [0.29, 0.717) is 33.7 Å². The summed E-state index contributed by atoms with van der Waals surface area (Å²) in [6, 6.07) is 17.8. The molecule has 3 heterocycles.